The predicted molar refractivity (Wildman–Crippen MR) is 78.6 cm³/mol. The third-order valence-electron chi connectivity index (χ3n) is 6.11. The number of imide groups is 1. The van der Waals surface area contributed by atoms with Gasteiger partial charge in [0.2, 0.25) is 11.8 Å². The summed E-state index contributed by atoms with van der Waals surface area (Å²) in [6.07, 6.45) is 0.425. The number of halogens is 3. The molecule has 6 atom stereocenters. The van der Waals surface area contributed by atoms with E-state index in [1.165, 1.54) is 18.2 Å². The second-order valence-corrected chi connectivity index (χ2v) is 7.18. The van der Waals surface area contributed by atoms with Crippen molar-refractivity contribution < 1.29 is 22.8 Å². The lowest BCUT2D eigenvalue weighted by Crippen LogP contribution is -2.40. The van der Waals surface area contributed by atoms with Crippen molar-refractivity contribution in [1.82, 2.24) is 0 Å². The molecule has 0 unspecified atom stereocenters. The molecule has 5 aliphatic rings. The molecule has 2 bridgehead atoms. The molecule has 124 valence electrons. The van der Waals surface area contributed by atoms with Crippen molar-refractivity contribution in [3.05, 3.63) is 42.0 Å². The Morgan fingerprint density at radius 3 is 2.00 bits per heavy atom. The minimum Gasteiger partial charge on any atom is -0.274 e. The zero-order valence-electron chi connectivity index (χ0n) is 12.5. The Morgan fingerprint density at radius 2 is 1.46 bits per heavy atom. The van der Waals surface area contributed by atoms with Crippen molar-refractivity contribution >= 4 is 17.5 Å². The number of para-hydroxylation sites is 1. The number of allylic oxidation sites excluding steroid dienone is 2. The summed E-state index contributed by atoms with van der Waals surface area (Å²) >= 11 is 0. The third-order valence-corrected chi connectivity index (χ3v) is 6.11. The Balaban J connectivity index is 1.61. The first-order valence-corrected chi connectivity index (χ1v) is 8.12. The minimum atomic E-state index is -4.61. The summed E-state index contributed by atoms with van der Waals surface area (Å²) in [7, 11) is 0. The van der Waals surface area contributed by atoms with E-state index in [1.807, 2.05) is 12.2 Å². The Kier molecular flexibility index (Phi) is 2.55. The molecule has 24 heavy (non-hydrogen) atoms. The highest BCUT2D eigenvalue weighted by atomic mass is 19.4. The van der Waals surface area contributed by atoms with Gasteiger partial charge >= 0.3 is 6.18 Å². The molecule has 6 rings (SSSR count). The normalized spacial score (nSPS) is 39.2. The van der Waals surface area contributed by atoms with Gasteiger partial charge in [-0.1, -0.05) is 24.3 Å². The summed E-state index contributed by atoms with van der Waals surface area (Å²) in [6.45, 7) is 0. The van der Waals surface area contributed by atoms with Crippen molar-refractivity contribution in [3.63, 3.8) is 0 Å². The summed E-state index contributed by atoms with van der Waals surface area (Å²) in [4.78, 5) is 26.6. The van der Waals surface area contributed by atoms with Crippen LogP contribution in [0, 0.1) is 35.5 Å². The molecule has 2 amide bonds. The maximum atomic E-state index is 13.3. The number of hydrogen-bond acceptors (Lipinski definition) is 2. The van der Waals surface area contributed by atoms with Gasteiger partial charge in [0.05, 0.1) is 23.1 Å². The van der Waals surface area contributed by atoms with Gasteiger partial charge in [-0.2, -0.15) is 13.2 Å². The molecule has 0 radical (unpaired) electrons. The van der Waals surface area contributed by atoms with Crippen molar-refractivity contribution in [2.75, 3.05) is 4.90 Å². The van der Waals surface area contributed by atoms with Crippen LogP contribution in [0.2, 0.25) is 0 Å². The maximum absolute atomic E-state index is 13.3. The van der Waals surface area contributed by atoms with Gasteiger partial charge in [0.1, 0.15) is 0 Å². The van der Waals surface area contributed by atoms with Gasteiger partial charge in [0.15, 0.2) is 0 Å². The first-order chi connectivity index (χ1) is 11.4. The Bertz CT molecular complexity index is 764. The Hall–Kier alpha value is -2.11. The molecular formula is C18H14F3NO2. The Morgan fingerprint density at radius 1 is 0.917 bits per heavy atom. The molecule has 6 heteroatoms. The lowest BCUT2D eigenvalue weighted by atomic mass is 9.63. The van der Waals surface area contributed by atoms with E-state index in [4.69, 9.17) is 0 Å². The summed E-state index contributed by atoms with van der Waals surface area (Å²) < 4.78 is 39.9. The summed E-state index contributed by atoms with van der Waals surface area (Å²) in [5.74, 6) is -1.05. The van der Waals surface area contributed by atoms with Crippen LogP contribution >= 0.6 is 0 Å². The number of alkyl halides is 3. The molecule has 0 spiro atoms. The molecule has 1 aliphatic heterocycles. The molecule has 0 N–H and O–H groups in total. The fourth-order valence-electron chi connectivity index (χ4n) is 5.10. The van der Waals surface area contributed by atoms with Crippen molar-refractivity contribution in [2.24, 2.45) is 35.5 Å². The molecule has 3 nitrogen and oxygen atoms in total. The summed E-state index contributed by atoms with van der Waals surface area (Å²) in [5, 5.41) is 0. The van der Waals surface area contributed by atoms with Crippen molar-refractivity contribution in [3.8, 4) is 0 Å². The van der Waals surface area contributed by atoms with Crippen LogP contribution in [0.3, 0.4) is 0 Å². The first-order valence-electron chi connectivity index (χ1n) is 8.12. The van der Waals surface area contributed by atoms with E-state index in [0.717, 1.165) is 17.4 Å². The second-order valence-electron chi connectivity index (χ2n) is 7.18. The van der Waals surface area contributed by atoms with E-state index < -0.39 is 35.4 Å². The highest BCUT2D eigenvalue weighted by Gasteiger charge is 2.67. The van der Waals surface area contributed by atoms with E-state index in [2.05, 4.69) is 0 Å². The SMILES string of the molecule is O=C1[C@@H]2[C@H]3C=C[C@@H]([C@@H]4C[C@@H]34)[C@@H]2C(=O)N1c1ccccc1C(F)(F)F. The molecule has 2 saturated carbocycles. The van der Waals surface area contributed by atoms with Crippen LogP contribution in [0.1, 0.15) is 12.0 Å². The lowest BCUT2D eigenvalue weighted by Gasteiger charge is -2.37. The van der Waals surface area contributed by atoms with Crippen LogP contribution in [0.15, 0.2) is 36.4 Å². The molecule has 3 fully saturated rings. The van der Waals surface area contributed by atoms with E-state index in [0.29, 0.717) is 11.8 Å². The zero-order valence-corrected chi connectivity index (χ0v) is 12.5. The Labute approximate surface area is 136 Å². The maximum Gasteiger partial charge on any atom is 0.418 e. The average Bonchev–Trinajstić information content (AvgIpc) is 3.31. The molecule has 1 saturated heterocycles. The zero-order chi connectivity index (χ0) is 16.8. The third kappa shape index (κ3) is 1.63. The number of carbonyl (C=O) groups is 2. The lowest BCUT2D eigenvalue weighted by molar-refractivity contribution is -0.137. The van der Waals surface area contributed by atoms with Crippen LogP contribution < -0.4 is 4.90 Å². The number of benzene rings is 1. The predicted octanol–water partition coefficient (Wildman–Crippen LogP) is 3.26. The highest BCUT2D eigenvalue weighted by Crippen LogP contribution is 2.65. The molecule has 1 aromatic carbocycles. The van der Waals surface area contributed by atoms with Crippen LogP contribution in [0.4, 0.5) is 18.9 Å². The average molecular weight is 333 g/mol. The summed E-state index contributed by atoms with van der Waals surface area (Å²) in [6, 6.07) is 4.83. The number of nitrogens with zero attached hydrogens (tertiary/aromatic N) is 1. The molecule has 4 aliphatic carbocycles. The minimum absolute atomic E-state index is 0.00417. The fourth-order valence-corrected chi connectivity index (χ4v) is 5.10. The number of rotatable bonds is 1. The van der Waals surface area contributed by atoms with Gasteiger partial charge in [-0.05, 0) is 42.2 Å². The number of hydrogen-bond donors (Lipinski definition) is 0. The summed E-state index contributed by atoms with van der Waals surface area (Å²) in [5.41, 5.74) is -1.27. The van der Waals surface area contributed by atoms with E-state index in [1.54, 1.807) is 0 Å². The number of anilines is 1. The van der Waals surface area contributed by atoms with E-state index in [9.17, 15) is 22.8 Å². The van der Waals surface area contributed by atoms with Gasteiger partial charge in [-0.25, -0.2) is 4.90 Å². The first kappa shape index (κ1) is 14.3. The molecule has 1 heterocycles. The number of carbonyl (C=O) groups excluding carboxylic acids is 2. The number of amides is 2. The largest absolute Gasteiger partial charge is 0.418 e. The van der Waals surface area contributed by atoms with Crippen LogP contribution in [-0.2, 0) is 15.8 Å². The van der Waals surface area contributed by atoms with E-state index >= 15 is 0 Å². The smallest absolute Gasteiger partial charge is 0.274 e. The topological polar surface area (TPSA) is 37.4 Å². The molecule has 0 aromatic heterocycles. The standard InChI is InChI=1S/C18H14F3NO2/c19-18(20,21)12-3-1-2-4-13(12)22-16(23)14-8-5-6-9(11-7-10(8)11)15(14)17(22)24/h1-6,8-11,14-15H,7H2/t8-,9-,10-,11-,14-,15+/m0/s1. The van der Waals surface area contributed by atoms with Crippen LogP contribution in [-0.4, -0.2) is 11.8 Å². The molecular weight excluding hydrogens is 319 g/mol. The molecule has 1 aromatic rings. The quantitative estimate of drug-likeness (QED) is 0.584. The fraction of sp³-hybridized carbons (Fsp3) is 0.444. The van der Waals surface area contributed by atoms with Gasteiger partial charge in [-0.15, -0.1) is 0 Å². The highest BCUT2D eigenvalue weighted by molar-refractivity contribution is 6.23. The van der Waals surface area contributed by atoms with Gasteiger partial charge in [-0.3, -0.25) is 9.59 Å². The van der Waals surface area contributed by atoms with Crippen molar-refractivity contribution in [1.29, 1.82) is 0 Å². The van der Waals surface area contributed by atoms with Crippen LogP contribution in [0.25, 0.3) is 0 Å². The van der Waals surface area contributed by atoms with Crippen LogP contribution in [0.5, 0.6) is 0 Å². The monoisotopic (exact) mass is 333 g/mol. The van der Waals surface area contributed by atoms with Crippen molar-refractivity contribution in [2.45, 2.75) is 12.6 Å². The van der Waals surface area contributed by atoms with Gasteiger partial charge in [0, 0.05) is 0 Å². The second kappa shape index (κ2) is 4.29. The van der Waals surface area contributed by atoms with Gasteiger partial charge < -0.3 is 0 Å². The van der Waals surface area contributed by atoms with E-state index in [-0.39, 0.29) is 17.5 Å². The van der Waals surface area contributed by atoms with Gasteiger partial charge in [0.25, 0.3) is 0 Å².